The lowest BCUT2D eigenvalue weighted by Gasteiger charge is -2.18. The molecule has 88 valence electrons. The van der Waals surface area contributed by atoms with Crippen LogP contribution in [-0.4, -0.2) is 12.6 Å². The van der Waals surface area contributed by atoms with Gasteiger partial charge in [-0.15, -0.1) is 0 Å². The monoisotopic (exact) mass is 221 g/mol. The molecule has 0 heterocycles. The van der Waals surface area contributed by atoms with Gasteiger partial charge in [-0.05, 0) is 49.8 Å². The van der Waals surface area contributed by atoms with Crippen LogP contribution in [0.2, 0.25) is 0 Å². The third-order valence-corrected chi connectivity index (χ3v) is 3.25. The molecule has 0 saturated heterocycles. The second-order valence-corrected chi connectivity index (χ2v) is 4.69. The summed E-state index contributed by atoms with van der Waals surface area (Å²) >= 11 is 0. The van der Waals surface area contributed by atoms with Gasteiger partial charge in [0.15, 0.2) is 0 Å². The Morgan fingerprint density at radius 3 is 2.75 bits per heavy atom. The number of halogens is 1. The van der Waals surface area contributed by atoms with Crippen LogP contribution in [0.5, 0.6) is 0 Å². The molecule has 1 saturated carbocycles. The maximum atomic E-state index is 13.5. The van der Waals surface area contributed by atoms with Gasteiger partial charge in [0.1, 0.15) is 5.82 Å². The van der Waals surface area contributed by atoms with Crippen LogP contribution in [0.25, 0.3) is 0 Å². The maximum Gasteiger partial charge on any atom is 0.126 e. The van der Waals surface area contributed by atoms with Gasteiger partial charge in [-0.2, -0.15) is 0 Å². The SMILES string of the molecule is CCCNC(Cc1ccccc1F)C1CC1. The third kappa shape index (κ3) is 3.05. The lowest BCUT2D eigenvalue weighted by Crippen LogP contribution is -2.33. The van der Waals surface area contributed by atoms with Gasteiger partial charge in [0.2, 0.25) is 0 Å². The van der Waals surface area contributed by atoms with Gasteiger partial charge in [-0.3, -0.25) is 0 Å². The quantitative estimate of drug-likeness (QED) is 0.778. The Balaban J connectivity index is 1.97. The van der Waals surface area contributed by atoms with Crippen LogP contribution in [0.15, 0.2) is 24.3 Å². The fourth-order valence-electron chi connectivity index (χ4n) is 2.13. The van der Waals surface area contributed by atoms with E-state index in [1.807, 2.05) is 12.1 Å². The van der Waals surface area contributed by atoms with E-state index in [0.717, 1.165) is 30.9 Å². The predicted octanol–water partition coefficient (Wildman–Crippen LogP) is 3.15. The first kappa shape index (κ1) is 11.6. The molecule has 0 spiro atoms. The van der Waals surface area contributed by atoms with Crippen molar-refractivity contribution < 1.29 is 4.39 Å². The molecule has 1 atom stereocenters. The lowest BCUT2D eigenvalue weighted by atomic mass is 10.0. The highest BCUT2D eigenvalue weighted by molar-refractivity contribution is 5.19. The summed E-state index contributed by atoms with van der Waals surface area (Å²) in [6.07, 6.45) is 4.57. The predicted molar refractivity (Wildman–Crippen MR) is 64.9 cm³/mol. The Morgan fingerprint density at radius 1 is 1.38 bits per heavy atom. The summed E-state index contributed by atoms with van der Waals surface area (Å²) in [4.78, 5) is 0. The molecular weight excluding hydrogens is 201 g/mol. The molecule has 0 aromatic heterocycles. The molecule has 1 aliphatic carbocycles. The van der Waals surface area contributed by atoms with E-state index in [1.165, 1.54) is 12.8 Å². The molecule has 1 aromatic rings. The van der Waals surface area contributed by atoms with Crippen molar-refractivity contribution in [2.45, 2.75) is 38.6 Å². The minimum absolute atomic E-state index is 0.0635. The summed E-state index contributed by atoms with van der Waals surface area (Å²) in [6.45, 7) is 3.20. The Hall–Kier alpha value is -0.890. The summed E-state index contributed by atoms with van der Waals surface area (Å²) in [5.74, 6) is 0.706. The molecule has 16 heavy (non-hydrogen) atoms. The number of benzene rings is 1. The smallest absolute Gasteiger partial charge is 0.126 e. The van der Waals surface area contributed by atoms with Gasteiger partial charge >= 0.3 is 0 Å². The first-order chi connectivity index (χ1) is 7.81. The second kappa shape index (κ2) is 5.44. The van der Waals surface area contributed by atoms with Gasteiger partial charge in [-0.1, -0.05) is 25.1 Å². The highest BCUT2D eigenvalue weighted by Crippen LogP contribution is 2.34. The van der Waals surface area contributed by atoms with E-state index in [0.29, 0.717) is 6.04 Å². The highest BCUT2D eigenvalue weighted by atomic mass is 19.1. The second-order valence-electron chi connectivity index (χ2n) is 4.69. The van der Waals surface area contributed by atoms with Crippen LogP contribution in [0.1, 0.15) is 31.7 Å². The molecule has 1 unspecified atom stereocenters. The first-order valence-corrected chi connectivity index (χ1v) is 6.28. The Labute approximate surface area is 97.1 Å². The summed E-state index contributed by atoms with van der Waals surface area (Å²) in [5, 5.41) is 3.54. The number of hydrogen-bond acceptors (Lipinski definition) is 1. The van der Waals surface area contributed by atoms with Crippen molar-refractivity contribution in [1.29, 1.82) is 0 Å². The van der Waals surface area contributed by atoms with Gasteiger partial charge in [0.25, 0.3) is 0 Å². The molecule has 0 radical (unpaired) electrons. The molecule has 2 heteroatoms. The zero-order valence-corrected chi connectivity index (χ0v) is 9.88. The molecule has 1 fully saturated rings. The molecule has 1 N–H and O–H groups in total. The summed E-state index contributed by atoms with van der Waals surface area (Å²) in [7, 11) is 0. The summed E-state index contributed by atoms with van der Waals surface area (Å²) in [6, 6.07) is 7.60. The number of rotatable bonds is 6. The van der Waals surface area contributed by atoms with Crippen molar-refractivity contribution in [2.75, 3.05) is 6.54 Å². The average molecular weight is 221 g/mol. The Bertz CT molecular complexity index is 333. The zero-order chi connectivity index (χ0) is 11.4. The minimum atomic E-state index is -0.0635. The fraction of sp³-hybridized carbons (Fsp3) is 0.571. The van der Waals surface area contributed by atoms with Crippen LogP contribution in [0.3, 0.4) is 0 Å². The van der Waals surface area contributed by atoms with Crippen molar-refractivity contribution in [3.05, 3.63) is 35.6 Å². The standard InChI is InChI=1S/C14H20FN/c1-2-9-16-14(11-7-8-11)10-12-5-3-4-6-13(12)15/h3-6,11,14,16H,2,7-10H2,1H3. The lowest BCUT2D eigenvalue weighted by molar-refractivity contribution is 0.451. The van der Waals surface area contributed by atoms with Gasteiger partial charge in [0.05, 0.1) is 0 Å². The summed E-state index contributed by atoms with van der Waals surface area (Å²) in [5.41, 5.74) is 0.850. The largest absolute Gasteiger partial charge is 0.313 e. The molecular formula is C14H20FN. The first-order valence-electron chi connectivity index (χ1n) is 6.28. The van der Waals surface area contributed by atoms with Crippen LogP contribution >= 0.6 is 0 Å². The van der Waals surface area contributed by atoms with Gasteiger partial charge in [-0.25, -0.2) is 4.39 Å². The van der Waals surface area contributed by atoms with E-state index >= 15 is 0 Å². The minimum Gasteiger partial charge on any atom is -0.313 e. The van der Waals surface area contributed by atoms with Crippen LogP contribution < -0.4 is 5.32 Å². The van der Waals surface area contributed by atoms with Crippen LogP contribution in [-0.2, 0) is 6.42 Å². The van der Waals surface area contributed by atoms with Crippen molar-refractivity contribution in [3.63, 3.8) is 0 Å². The molecule has 0 bridgehead atoms. The van der Waals surface area contributed by atoms with Crippen molar-refractivity contribution >= 4 is 0 Å². The molecule has 0 aliphatic heterocycles. The van der Waals surface area contributed by atoms with E-state index in [2.05, 4.69) is 12.2 Å². The Kier molecular flexibility index (Phi) is 3.94. The topological polar surface area (TPSA) is 12.0 Å². The van der Waals surface area contributed by atoms with E-state index in [9.17, 15) is 4.39 Å². The number of nitrogens with one attached hydrogen (secondary N) is 1. The molecule has 1 aliphatic rings. The summed E-state index contributed by atoms with van der Waals surface area (Å²) < 4.78 is 13.5. The van der Waals surface area contributed by atoms with E-state index < -0.39 is 0 Å². The fourth-order valence-corrected chi connectivity index (χ4v) is 2.13. The third-order valence-electron chi connectivity index (χ3n) is 3.25. The maximum absolute atomic E-state index is 13.5. The van der Waals surface area contributed by atoms with Gasteiger partial charge in [0, 0.05) is 6.04 Å². The normalized spacial score (nSPS) is 17.4. The van der Waals surface area contributed by atoms with Crippen molar-refractivity contribution in [1.82, 2.24) is 5.32 Å². The average Bonchev–Trinajstić information content (AvgIpc) is 3.10. The van der Waals surface area contributed by atoms with Crippen molar-refractivity contribution in [2.24, 2.45) is 5.92 Å². The zero-order valence-electron chi connectivity index (χ0n) is 9.88. The molecule has 1 nitrogen and oxygen atoms in total. The Morgan fingerprint density at radius 2 is 2.12 bits per heavy atom. The van der Waals surface area contributed by atoms with Crippen molar-refractivity contribution in [3.8, 4) is 0 Å². The van der Waals surface area contributed by atoms with Gasteiger partial charge < -0.3 is 5.32 Å². The highest BCUT2D eigenvalue weighted by Gasteiger charge is 2.31. The van der Waals surface area contributed by atoms with E-state index in [1.54, 1.807) is 12.1 Å². The van der Waals surface area contributed by atoms with E-state index in [4.69, 9.17) is 0 Å². The molecule has 1 aromatic carbocycles. The molecule has 0 amide bonds. The van der Waals surface area contributed by atoms with Crippen LogP contribution in [0.4, 0.5) is 4.39 Å². The number of hydrogen-bond donors (Lipinski definition) is 1. The van der Waals surface area contributed by atoms with E-state index in [-0.39, 0.29) is 5.82 Å². The molecule has 2 rings (SSSR count). The van der Waals surface area contributed by atoms with Crippen LogP contribution in [0, 0.1) is 11.7 Å².